The van der Waals surface area contributed by atoms with Gasteiger partial charge in [0.2, 0.25) is 5.91 Å². The van der Waals surface area contributed by atoms with E-state index in [0.29, 0.717) is 19.3 Å². The van der Waals surface area contributed by atoms with Crippen LogP contribution in [0.4, 0.5) is 0 Å². The van der Waals surface area contributed by atoms with Gasteiger partial charge in [0.05, 0.1) is 25.2 Å². The lowest BCUT2D eigenvalue weighted by molar-refractivity contribution is -0.151. The van der Waals surface area contributed by atoms with Gasteiger partial charge < -0.3 is 20.3 Å². The lowest BCUT2D eigenvalue weighted by Crippen LogP contribution is -2.46. The average Bonchev–Trinajstić information content (AvgIpc) is 3.36. The second-order valence-electron chi connectivity index (χ2n) is 21.1. The highest BCUT2D eigenvalue weighted by Gasteiger charge is 2.24. The highest BCUT2D eigenvalue weighted by atomic mass is 16.5. The SMILES string of the molecule is CCCCC/C=C\C/C=C\C/C=C\C/C=C\CCCCCC(=O)OC(CCCCCCCCC/C=C/CCCCCCCC)CC(=O)NC(CO)C(O)CCCCCCCCCCCCCCCCCC. The van der Waals surface area contributed by atoms with E-state index in [9.17, 15) is 19.8 Å². The summed E-state index contributed by atoms with van der Waals surface area (Å²) in [7, 11) is 0. The molecule has 3 unspecified atom stereocenters. The quantitative estimate of drug-likeness (QED) is 0.0321. The first-order chi connectivity index (χ1) is 35.0. The number of esters is 1. The second-order valence-corrected chi connectivity index (χ2v) is 21.1. The predicted molar refractivity (Wildman–Crippen MR) is 310 cm³/mol. The summed E-state index contributed by atoms with van der Waals surface area (Å²) in [5.74, 6) is -0.503. The Hall–Kier alpha value is -2.44. The first kappa shape index (κ1) is 68.6. The van der Waals surface area contributed by atoms with Crippen molar-refractivity contribution in [1.29, 1.82) is 0 Å². The molecule has 0 bridgehead atoms. The molecule has 0 aromatic carbocycles. The first-order valence-electron chi connectivity index (χ1n) is 31.0. The smallest absolute Gasteiger partial charge is 0.306 e. The Labute approximate surface area is 441 Å². The van der Waals surface area contributed by atoms with Crippen LogP contribution in [0, 0.1) is 0 Å². The normalized spacial score (nSPS) is 13.5. The Kier molecular flexibility index (Phi) is 56.4. The van der Waals surface area contributed by atoms with Gasteiger partial charge in [-0.25, -0.2) is 0 Å². The minimum Gasteiger partial charge on any atom is -0.462 e. The van der Waals surface area contributed by atoms with Crippen molar-refractivity contribution >= 4 is 11.9 Å². The fraction of sp³-hybridized carbons (Fsp3) is 0.815. The van der Waals surface area contributed by atoms with Crippen LogP contribution in [0.1, 0.15) is 316 Å². The van der Waals surface area contributed by atoms with Crippen LogP contribution in [0.5, 0.6) is 0 Å². The summed E-state index contributed by atoms with van der Waals surface area (Å²) in [5, 5.41) is 24.0. The predicted octanol–water partition coefficient (Wildman–Crippen LogP) is 19.5. The molecule has 3 atom stereocenters. The molecule has 0 aliphatic heterocycles. The number of allylic oxidation sites excluding steroid dienone is 10. The molecule has 0 aromatic heterocycles. The highest BCUT2D eigenvalue weighted by Crippen LogP contribution is 2.18. The molecule has 1 amide bonds. The molecule has 414 valence electrons. The summed E-state index contributed by atoms with van der Waals surface area (Å²) in [6, 6.07) is -0.712. The van der Waals surface area contributed by atoms with Gasteiger partial charge in [-0.05, 0) is 96.3 Å². The molecule has 0 saturated carbocycles. The minimum absolute atomic E-state index is 0.0620. The number of hydrogen-bond acceptors (Lipinski definition) is 5. The third-order valence-electron chi connectivity index (χ3n) is 14.1. The maximum atomic E-state index is 13.3. The maximum Gasteiger partial charge on any atom is 0.306 e. The van der Waals surface area contributed by atoms with Gasteiger partial charge in [-0.1, -0.05) is 268 Å². The van der Waals surface area contributed by atoms with E-state index in [2.05, 4.69) is 86.8 Å². The van der Waals surface area contributed by atoms with Crippen LogP contribution in [0.25, 0.3) is 0 Å². The zero-order valence-electron chi connectivity index (χ0n) is 47.4. The number of carbonyl (C=O) groups is 2. The molecule has 3 N–H and O–H groups in total. The fourth-order valence-corrected chi connectivity index (χ4v) is 9.35. The van der Waals surface area contributed by atoms with E-state index in [0.717, 1.165) is 83.5 Å². The van der Waals surface area contributed by atoms with E-state index >= 15 is 0 Å². The van der Waals surface area contributed by atoms with Crippen LogP contribution < -0.4 is 5.32 Å². The summed E-state index contributed by atoms with van der Waals surface area (Å²) >= 11 is 0. The van der Waals surface area contributed by atoms with Crippen LogP contribution in [0.2, 0.25) is 0 Å². The van der Waals surface area contributed by atoms with Crippen molar-refractivity contribution in [2.24, 2.45) is 0 Å². The standard InChI is InChI=1S/C65H119NO5/c1-4-7-10-13-16-19-22-25-28-31-32-34-37-40-43-46-49-52-55-58-65(70)71-61(56-53-50-47-44-41-38-35-33-29-26-23-20-17-14-11-8-5-2)59-64(69)66-62(60-67)63(68)57-54-51-48-45-42-39-36-30-27-24-21-18-15-12-9-6-3/h16,19,25-26,28-29,32,34,40,43,61-63,67-68H,4-15,17-18,20-24,27,30-31,33,35-39,41-42,44-60H2,1-3H3,(H,66,69)/b19-16-,28-25-,29-26+,34-32-,43-40-. The molecule has 0 rings (SSSR count). The number of ether oxygens (including phenoxy) is 1. The summed E-state index contributed by atoms with van der Waals surface area (Å²) in [4.78, 5) is 26.4. The van der Waals surface area contributed by atoms with Crippen LogP contribution in [0.3, 0.4) is 0 Å². The van der Waals surface area contributed by atoms with Gasteiger partial charge in [-0.3, -0.25) is 9.59 Å². The zero-order chi connectivity index (χ0) is 51.6. The Morgan fingerprint density at radius 1 is 0.408 bits per heavy atom. The Morgan fingerprint density at radius 2 is 0.718 bits per heavy atom. The molecular weight excluding hydrogens is 875 g/mol. The van der Waals surface area contributed by atoms with Crippen molar-refractivity contribution < 1.29 is 24.5 Å². The molecule has 0 aliphatic carbocycles. The van der Waals surface area contributed by atoms with Gasteiger partial charge in [0.15, 0.2) is 0 Å². The van der Waals surface area contributed by atoms with Crippen LogP contribution in [-0.2, 0) is 14.3 Å². The summed E-state index contributed by atoms with van der Waals surface area (Å²) in [6.07, 6.45) is 74.3. The van der Waals surface area contributed by atoms with Crippen LogP contribution in [0.15, 0.2) is 60.8 Å². The number of aliphatic hydroxyl groups is 2. The molecule has 0 aromatic rings. The summed E-state index contributed by atoms with van der Waals surface area (Å²) in [5.41, 5.74) is 0. The van der Waals surface area contributed by atoms with E-state index < -0.39 is 18.2 Å². The third-order valence-corrected chi connectivity index (χ3v) is 14.1. The molecule has 0 fully saturated rings. The number of aliphatic hydroxyl groups excluding tert-OH is 2. The fourth-order valence-electron chi connectivity index (χ4n) is 9.35. The molecule has 6 nitrogen and oxygen atoms in total. The number of amides is 1. The zero-order valence-corrected chi connectivity index (χ0v) is 47.4. The van der Waals surface area contributed by atoms with Gasteiger partial charge in [0.25, 0.3) is 0 Å². The number of hydrogen-bond donors (Lipinski definition) is 3. The van der Waals surface area contributed by atoms with E-state index in [1.807, 2.05) is 0 Å². The number of carbonyl (C=O) groups excluding carboxylic acids is 2. The van der Waals surface area contributed by atoms with E-state index in [4.69, 9.17) is 4.74 Å². The third kappa shape index (κ3) is 53.7. The summed E-state index contributed by atoms with van der Waals surface area (Å²) < 4.78 is 5.97. The van der Waals surface area contributed by atoms with Crippen molar-refractivity contribution in [3.8, 4) is 0 Å². The molecular formula is C65H119NO5. The van der Waals surface area contributed by atoms with E-state index in [-0.39, 0.29) is 24.9 Å². The topological polar surface area (TPSA) is 95.9 Å². The molecule has 0 saturated heterocycles. The first-order valence-corrected chi connectivity index (χ1v) is 31.0. The molecule has 0 spiro atoms. The number of unbranched alkanes of at least 4 members (excludes halogenated alkanes) is 34. The number of nitrogens with one attached hydrogen (secondary N) is 1. The van der Waals surface area contributed by atoms with Crippen LogP contribution in [-0.4, -0.2) is 46.9 Å². The van der Waals surface area contributed by atoms with Crippen molar-refractivity contribution in [3.05, 3.63) is 60.8 Å². The highest BCUT2D eigenvalue weighted by molar-refractivity contribution is 5.77. The summed E-state index contributed by atoms with van der Waals surface area (Å²) in [6.45, 7) is 6.48. The van der Waals surface area contributed by atoms with Crippen molar-refractivity contribution in [1.82, 2.24) is 5.32 Å². The molecule has 0 radical (unpaired) electrons. The Balaban J connectivity index is 4.61. The van der Waals surface area contributed by atoms with E-state index in [1.54, 1.807) is 0 Å². The van der Waals surface area contributed by atoms with Crippen molar-refractivity contribution in [2.45, 2.75) is 334 Å². The van der Waals surface area contributed by atoms with Crippen molar-refractivity contribution in [3.63, 3.8) is 0 Å². The van der Waals surface area contributed by atoms with E-state index in [1.165, 1.54) is 186 Å². The molecule has 0 heterocycles. The average molecular weight is 995 g/mol. The lowest BCUT2D eigenvalue weighted by Gasteiger charge is -2.24. The van der Waals surface area contributed by atoms with Gasteiger partial charge in [-0.2, -0.15) is 0 Å². The molecule has 6 heteroatoms. The van der Waals surface area contributed by atoms with Crippen LogP contribution >= 0.6 is 0 Å². The van der Waals surface area contributed by atoms with Gasteiger partial charge in [0.1, 0.15) is 6.10 Å². The maximum absolute atomic E-state index is 13.3. The molecule has 0 aliphatic rings. The molecule has 71 heavy (non-hydrogen) atoms. The Morgan fingerprint density at radius 3 is 1.13 bits per heavy atom. The minimum atomic E-state index is -0.797. The van der Waals surface area contributed by atoms with Gasteiger partial charge in [0, 0.05) is 6.42 Å². The van der Waals surface area contributed by atoms with Gasteiger partial charge in [-0.15, -0.1) is 0 Å². The monoisotopic (exact) mass is 994 g/mol. The Bertz CT molecular complexity index is 1250. The second kappa shape index (κ2) is 58.4. The largest absolute Gasteiger partial charge is 0.462 e. The number of rotatable bonds is 56. The van der Waals surface area contributed by atoms with Gasteiger partial charge >= 0.3 is 5.97 Å². The van der Waals surface area contributed by atoms with Crippen molar-refractivity contribution in [2.75, 3.05) is 6.61 Å². The lowest BCUT2D eigenvalue weighted by atomic mass is 10.0.